The fourth-order valence-corrected chi connectivity index (χ4v) is 2.06. The summed E-state index contributed by atoms with van der Waals surface area (Å²) in [5.41, 5.74) is 0.365. The zero-order valence-electron chi connectivity index (χ0n) is 12.0. The highest BCUT2D eigenvalue weighted by atomic mass is 19.1. The number of imidazole rings is 1. The molecule has 3 rings (SSSR count). The zero-order valence-corrected chi connectivity index (χ0v) is 12.0. The summed E-state index contributed by atoms with van der Waals surface area (Å²) in [6.45, 7) is 0. The lowest BCUT2D eigenvalue weighted by Crippen LogP contribution is -1.96. The molecule has 0 unspecified atom stereocenters. The lowest BCUT2D eigenvalue weighted by Gasteiger charge is -2.02. The molecular weight excluding hydrogens is 303 g/mol. The van der Waals surface area contributed by atoms with Gasteiger partial charge in [-0.05, 0) is 24.3 Å². The van der Waals surface area contributed by atoms with Crippen molar-refractivity contribution >= 4 is 23.1 Å². The Morgan fingerprint density at radius 2 is 2.04 bits per heavy atom. The number of azo groups is 1. The molecule has 0 saturated heterocycles. The van der Waals surface area contributed by atoms with Gasteiger partial charge < -0.3 is 9.84 Å². The predicted octanol–water partition coefficient (Wildman–Crippen LogP) is 3.60. The topological polar surface area (TPSA) is 88.5 Å². The summed E-state index contributed by atoms with van der Waals surface area (Å²) in [6.07, 6.45) is 1.10. The third-order valence-corrected chi connectivity index (χ3v) is 3.10. The summed E-state index contributed by atoms with van der Waals surface area (Å²) in [5.74, 6) is -1.41. The van der Waals surface area contributed by atoms with E-state index in [0.29, 0.717) is 11.4 Å². The molecule has 2 aromatic heterocycles. The average molecular weight is 314 g/mol. The predicted molar refractivity (Wildman–Crippen MR) is 79.3 cm³/mol. The van der Waals surface area contributed by atoms with Crippen molar-refractivity contribution in [2.24, 2.45) is 10.2 Å². The molecular formula is C15H11FN4O3. The number of fused-ring (bicyclic) bond motifs is 1. The van der Waals surface area contributed by atoms with Gasteiger partial charge in [0.25, 0.3) is 0 Å². The second kappa shape index (κ2) is 5.84. The van der Waals surface area contributed by atoms with Crippen LogP contribution in [0.4, 0.5) is 15.9 Å². The van der Waals surface area contributed by atoms with Crippen LogP contribution in [0, 0.1) is 5.82 Å². The summed E-state index contributed by atoms with van der Waals surface area (Å²) in [4.78, 5) is 15.2. The van der Waals surface area contributed by atoms with Crippen LogP contribution in [0.3, 0.4) is 0 Å². The minimum Gasteiger partial charge on any atom is -0.494 e. The molecule has 0 atom stereocenters. The fourth-order valence-electron chi connectivity index (χ4n) is 2.06. The molecule has 3 aromatic rings. The number of halogens is 1. The van der Waals surface area contributed by atoms with Gasteiger partial charge in [-0.2, -0.15) is 0 Å². The van der Waals surface area contributed by atoms with Gasteiger partial charge >= 0.3 is 5.97 Å². The highest BCUT2D eigenvalue weighted by Crippen LogP contribution is 2.30. The molecule has 0 bridgehead atoms. The van der Waals surface area contributed by atoms with Gasteiger partial charge in [0.2, 0.25) is 0 Å². The van der Waals surface area contributed by atoms with Crippen LogP contribution in [0.25, 0.3) is 5.65 Å². The molecule has 8 heteroatoms. The molecule has 0 amide bonds. The number of ether oxygens (including phenoxy) is 1. The number of aromatic nitrogens is 2. The van der Waals surface area contributed by atoms with Crippen LogP contribution in [0.15, 0.2) is 52.8 Å². The van der Waals surface area contributed by atoms with Crippen LogP contribution in [-0.4, -0.2) is 27.6 Å². The van der Waals surface area contributed by atoms with E-state index in [1.165, 1.54) is 23.6 Å². The number of para-hydroxylation sites is 1. The van der Waals surface area contributed by atoms with Crippen molar-refractivity contribution in [3.05, 3.63) is 54.1 Å². The van der Waals surface area contributed by atoms with Crippen molar-refractivity contribution in [1.29, 1.82) is 0 Å². The number of hydrogen-bond acceptors (Lipinski definition) is 5. The Morgan fingerprint density at radius 1 is 1.26 bits per heavy atom. The number of carbonyl (C=O) groups is 1. The van der Waals surface area contributed by atoms with Crippen molar-refractivity contribution in [3.8, 4) is 5.75 Å². The Bertz CT molecular complexity index is 920. The van der Waals surface area contributed by atoms with E-state index >= 15 is 0 Å². The first-order valence-electron chi connectivity index (χ1n) is 6.56. The van der Waals surface area contributed by atoms with Crippen LogP contribution >= 0.6 is 0 Å². The van der Waals surface area contributed by atoms with Gasteiger partial charge in [0.05, 0.1) is 7.11 Å². The van der Waals surface area contributed by atoms with Crippen LogP contribution in [0.1, 0.15) is 10.5 Å². The van der Waals surface area contributed by atoms with Gasteiger partial charge in [-0.3, -0.25) is 4.40 Å². The van der Waals surface area contributed by atoms with Crippen molar-refractivity contribution in [2.45, 2.75) is 0 Å². The molecule has 116 valence electrons. The molecule has 7 nitrogen and oxygen atoms in total. The fraction of sp³-hybridized carbons (Fsp3) is 0.0667. The molecule has 0 saturated carbocycles. The quantitative estimate of drug-likeness (QED) is 0.745. The average Bonchev–Trinajstić information content (AvgIpc) is 2.91. The van der Waals surface area contributed by atoms with E-state index in [1.54, 1.807) is 24.3 Å². The minimum absolute atomic E-state index is 0.0714. The number of benzene rings is 1. The molecule has 0 fully saturated rings. The Morgan fingerprint density at radius 3 is 2.78 bits per heavy atom. The SMILES string of the molecule is COc1ccccc1N=Nc1c(C(=O)O)nc2ccc(F)cn12. The largest absolute Gasteiger partial charge is 0.494 e. The summed E-state index contributed by atoms with van der Waals surface area (Å²) in [5, 5.41) is 17.2. The van der Waals surface area contributed by atoms with Gasteiger partial charge in [-0.25, -0.2) is 14.2 Å². The third-order valence-electron chi connectivity index (χ3n) is 3.10. The highest BCUT2D eigenvalue weighted by molar-refractivity contribution is 5.91. The number of carboxylic acids is 1. The van der Waals surface area contributed by atoms with Crippen LogP contribution in [0.5, 0.6) is 5.75 Å². The maximum atomic E-state index is 13.4. The molecule has 0 aliphatic carbocycles. The number of carboxylic acid groups (broad SMARTS) is 1. The minimum atomic E-state index is -1.27. The van der Waals surface area contributed by atoms with Crippen LogP contribution in [-0.2, 0) is 0 Å². The zero-order chi connectivity index (χ0) is 16.4. The summed E-state index contributed by atoms with van der Waals surface area (Å²) in [6, 6.07) is 9.42. The normalized spacial score (nSPS) is 11.2. The summed E-state index contributed by atoms with van der Waals surface area (Å²) in [7, 11) is 1.49. The smallest absolute Gasteiger partial charge is 0.358 e. The Hall–Kier alpha value is -3.29. The van der Waals surface area contributed by atoms with E-state index in [-0.39, 0.29) is 17.2 Å². The van der Waals surface area contributed by atoms with Crippen molar-refractivity contribution in [2.75, 3.05) is 7.11 Å². The van der Waals surface area contributed by atoms with E-state index < -0.39 is 11.8 Å². The van der Waals surface area contributed by atoms with Gasteiger partial charge in [0, 0.05) is 6.20 Å². The molecule has 23 heavy (non-hydrogen) atoms. The first-order chi connectivity index (χ1) is 11.1. The Balaban J connectivity index is 2.14. The van der Waals surface area contributed by atoms with Gasteiger partial charge in [0.15, 0.2) is 11.5 Å². The summed E-state index contributed by atoms with van der Waals surface area (Å²) >= 11 is 0. The number of nitrogens with zero attached hydrogens (tertiary/aromatic N) is 4. The van der Waals surface area contributed by atoms with E-state index in [1.807, 2.05) is 0 Å². The van der Waals surface area contributed by atoms with Crippen LogP contribution in [0.2, 0.25) is 0 Å². The lowest BCUT2D eigenvalue weighted by atomic mass is 10.3. The second-order valence-electron chi connectivity index (χ2n) is 4.54. The number of methoxy groups -OCH3 is 1. The van der Waals surface area contributed by atoms with E-state index in [0.717, 1.165) is 6.20 Å². The van der Waals surface area contributed by atoms with Gasteiger partial charge in [-0.1, -0.05) is 12.1 Å². The molecule has 0 spiro atoms. The van der Waals surface area contributed by atoms with Gasteiger partial charge in [-0.15, -0.1) is 10.2 Å². The number of rotatable bonds is 4. The monoisotopic (exact) mass is 314 g/mol. The first kappa shape index (κ1) is 14.6. The van der Waals surface area contributed by atoms with E-state index in [2.05, 4.69) is 15.2 Å². The maximum Gasteiger partial charge on any atom is 0.358 e. The van der Waals surface area contributed by atoms with Crippen molar-refractivity contribution in [3.63, 3.8) is 0 Å². The molecule has 1 N–H and O–H groups in total. The summed E-state index contributed by atoms with van der Waals surface area (Å²) < 4.78 is 19.8. The molecule has 0 aliphatic heterocycles. The standard InChI is InChI=1S/C15H11FN4O3/c1-23-11-5-3-2-4-10(11)18-19-14-13(15(21)22)17-12-7-6-9(16)8-20(12)14/h2-8H,1H3,(H,21,22). The molecule has 0 aliphatic rings. The number of hydrogen-bond donors (Lipinski definition) is 1. The first-order valence-corrected chi connectivity index (χ1v) is 6.56. The second-order valence-corrected chi connectivity index (χ2v) is 4.54. The van der Waals surface area contributed by atoms with Crippen molar-refractivity contribution in [1.82, 2.24) is 9.38 Å². The van der Waals surface area contributed by atoms with E-state index in [9.17, 15) is 14.3 Å². The third kappa shape index (κ3) is 2.73. The van der Waals surface area contributed by atoms with Crippen molar-refractivity contribution < 1.29 is 19.0 Å². The number of aromatic carboxylic acids is 1. The highest BCUT2D eigenvalue weighted by Gasteiger charge is 2.18. The van der Waals surface area contributed by atoms with Crippen LogP contribution < -0.4 is 4.74 Å². The van der Waals surface area contributed by atoms with E-state index in [4.69, 9.17) is 4.74 Å². The molecule has 1 aromatic carbocycles. The molecule has 0 radical (unpaired) electrons. The molecule has 2 heterocycles. The lowest BCUT2D eigenvalue weighted by molar-refractivity contribution is 0.0692. The Labute approximate surface area is 129 Å². The number of pyridine rings is 1. The Kier molecular flexibility index (Phi) is 3.71. The van der Waals surface area contributed by atoms with Gasteiger partial charge in [0.1, 0.15) is 22.9 Å². The maximum absolute atomic E-state index is 13.4.